The molecule has 0 bridgehead atoms. The molecule has 2 aromatic heterocycles. The largest absolute Gasteiger partial charge is 0.345 e. The first-order chi connectivity index (χ1) is 12.1. The minimum absolute atomic E-state index is 0.0290. The Kier molecular flexibility index (Phi) is 7.07. The Hall–Kier alpha value is -2.76. The van der Waals surface area contributed by atoms with E-state index in [1.54, 1.807) is 35.4 Å². The lowest BCUT2D eigenvalue weighted by atomic mass is 10.2. The van der Waals surface area contributed by atoms with Gasteiger partial charge in [-0.25, -0.2) is 0 Å². The summed E-state index contributed by atoms with van der Waals surface area (Å²) in [5.74, 6) is -0.0285. The van der Waals surface area contributed by atoms with Crippen molar-refractivity contribution in [2.24, 2.45) is 0 Å². The number of hydrogen-bond acceptors (Lipinski definition) is 4. The Morgan fingerprint density at radius 2 is 1.80 bits per heavy atom. The number of pyridine rings is 2. The summed E-state index contributed by atoms with van der Waals surface area (Å²) >= 11 is 0. The Labute approximate surface area is 148 Å². The standard InChI is InChI=1S/C19H24N4O2/c1-16(24)23(15-18-5-3-4-10-21-18)14-9-19(25)22(2)13-8-17-6-11-20-12-7-17/h3-7,10-12H,8-9,13-15H2,1-2H3. The summed E-state index contributed by atoms with van der Waals surface area (Å²) in [6.07, 6.45) is 6.29. The van der Waals surface area contributed by atoms with Gasteiger partial charge in [0.25, 0.3) is 0 Å². The summed E-state index contributed by atoms with van der Waals surface area (Å²) in [6.45, 7) is 2.97. The molecular formula is C19H24N4O2. The Morgan fingerprint density at radius 3 is 2.44 bits per heavy atom. The second kappa shape index (κ2) is 9.52. The molecule has 0 saturated heterocycles. The summed E-state index contributed by atoms with van der Waals surface area (Å²) in [5.41, 5.74) is 1.96. The van der Waals surface area contributed by atoms with Gasteiger partial charge in [-0.3, -0.25) is 19.6 Å². The van der Waals surface area contributed by atoms with Gasteiger partial charge in [0.1, 0.15) is 0 Å². The van der Waals surface area contributed by atoms with Crippen molar-refractivity contribution in [3.8, 4) is 0 Å². The third-order valence-electron chi connectivity index (χ3n) is 4.03. The molecule has 132 valence electrons. The molecule has 0 atom stereocenters. The summed E-state index contributed by atoms with van der Waals surface area (Å²) < 4.78 is 0. The van der Waals surface area contributed by atoms with Gasteiger partial charge in [-0.1, -0.05) is 6.07 Å². The van der Waals surface area contributed by atoms with E-state index in [4.69, 9.17) is 0 Å². The van der Waals surface area contributed by atoms with Crippen molar-refractivity contribution in [3.05, 3.63) is 60.2 Å². The van der Waals surface area contributed by atoms with Crippen LogP contribution in [0.1, 0.15) is 24.6 Å². The number of hydrogen-bond donors (Lipinski definition) is 0. The van der Waals surface area contributed by atoms with Crippen LogP contribution in [0.5, 0.6) is 0 Å². The zero-order valence-electron chi connectivity index (χ0n) is 14.8. The minimum Gasteiger partial charge on any atom is -0.345 e. The molecule has 0 aromatic carbocycles. The Bertz CT molecular complexity index is 676. The fourth-order valence-corrected chi connectivity index (χ4v) is 2.43. The molecule has 0 aliphatic heterocycles. The lowest BCUT2D eigenvalue weighted by Crippen LogP contribution is -2.35. The lowest BCUT2D eigenvalue weighted by Gasteiger charge is -2.23. The highest BCUT2D eigenvalue weighted by Crippen LogP contribution is 2.05. The van der Waals surface area contributed by atoms with E-state index in [9.17, 15) is 9.59 Å². The normalized spacial score (nSPS) is 10.3. The van der Waals surface area contributed by atoms with Crippen LogP contribution in [0, 0.1) is 0 Å². The number of carbonyl (C=O) groups excluding carboxylic acids is 2. The highest BCUT2D eigenvalue weighted by molar-refractivity contribution is 5.78. The van der Waals surface area contributed by atoms with Gasteiger partial charge < -0.3 is 9.80 Å². The molecule has 0 radical (unpaired) electrons. The maximum atomic E-state index is 12.3. The molecule has 2 rings (SSSR count). The molecular weight excluding hydrogens is 316 g/mol. The van der Waals surface area contributed by atoms with Crippen molar-refractivity contribution in [1.82, 2.24) is 19.8 Å². The van der Waals surface area contributed by atoms with Crippen LogP contribution in [0.4, 0.5) is 0 Å². The average Bonchev–Trinajstić information content (AvgIpc) is 2.64. The fourth-order valence-electron chi connectivity index (χ4n) is 2.43. The molecule has 0 spiro atoms. The highest BCUT2D eigenvalue weighted by atomic mass is 16.2. The predicted molar refractivity (Wildman–Crippen MR) is 95.5 cm³/mol. The first-order valence-corrected chi connectivity index (χ1v) is 8.34. The maximum absolute atomic E-state index is 12.3. The van der Waals surface area contributed by atoms with Crippen LogP contribution in [-0.2, 0) is 22.6 Å². The predicted octanol–water partition coefficient (Wildman–Crippen LogP) is 1.92. The number of nitrogens with zero attached hydrogens (tertiary/aromatic N) is 4. The van der Waals surface area contributed by atoms with E-state index in [-0.39, 0.29) is 11.8 Å². The quantitative estimate of drug-likeness (QED) is 0.736. The van der Waals surface area contributed by atoms with Gasteiger partial charge >= 0.3 is 0 Å². The van der Waals surface area contributed by atoms with Gasteiger partial charge in [0, 0.05) is 52.1 Å². The first kappa shape index (κ1) is 18.6. The van der Waals surface area contributed by atoms with Gasteiger partial charge in [0.05, 0.1) is 12.2 Å². The van der Waals surface area contributed by atoms with E-state index in [2.05, 4.69) is 9.97 Å². The first-order valence-electron chi connectivity index (χ1n) is 8.34. The molecule has 0 fully saturated rings. The van der Waals surface area contributed by atoms with E-state index in [1.807, 2.05) is 30.3 Å². The van der Waals surface area contributed by atoms with Gasteiger partial charge in [-0.2, -0.15) is 0 Å². The summed E-state index contributed by atoms with van der Waals surface area (Å²) in [5, 5.41) is 0. The number of amides is 2. The average molecular weight is 340 g/mol. The SMILES string of the molecule is CC(=O)N(CCC(=O)N(C)CCc1ccncc1)Cc1ccccn1. The molecule has 25 heavy (non-hydrogen) atoms. The molecule has 0 aliphatic carbocycles. The summed E-state index contributed by atoms with van der Waals surface area (Å²) in [6, 6.07) is 9.49. The smallest absolute Gasteiger partial charge is 0.224 e. The van der Waals surface area contributed by atoms with Crippen LogP contribution in [0.15, 0.2) is 48.9 Å². The van der Waals surface area contributed by atoms with E-state index < -0.39 is 0 Å². The number of aromatic nitrogens is 2. The maximum Gasteiger partial charge on any atom is 0.224 e. The van der Waals surface area contributed by atoms with Crippen LogP contribution in [-0.4, -0.2) is 51.7 Å². The van der Waals surface area contributed by atoms with Crippen LogP contribution in [0.3, 0.4) is 0 Å². The Morgan fingerprint density at radius 1 is 1.04 bits per heavy atom. The van der Waals surface area contributed by atoms with E-state index in [0.29, 0.717) is 26.1 Å². The zero-order chi connectivity index (χ0) is 18.1. The highest BCUT2D eigenvalue weighted by Gasteiger charge is 2.14. The number of carbonyl (C=O) groups is 2. The summed E-state index contributed by atoms with van der Waals surface area (Å²) in [7, 11) is 1.79. The molecule has 0 saturated carbocycles. The fraction of sp³-hybridized carbons (Fsp3) is 0.368. The van der Waals surface area contributed by atoms with E-state index in [0.717, 1.165) is 17.7 Å². The zero-order valence-corrected chi connectivity index (χ0v) is 14.8. The van der Waals surface area contributed by atoms with Crippen molar-refractivity contribution in [3.63, 3.8) is 0 Å². The van der Waals surface area contributed by atoms with Crippen molar-refractivity contribution in [2.75, 3.05) is 20.1 Å². The van der Waals surface area contributed by atoms with E-state index >= 15 is 0 Å². The van der Waals surface area contributed by atoms with Crippen LogP contribution in [0.2, 0.25) is 0 Å². The molecule has 2 heterocycles. The minimum atomic E-state index is -0.0575. The van der Waals surface area contributed by atoms with Crippen LogP contribution in [0.25, 0.3) is 0 Å². The Balaban J connectivity index is 1.80. The molecule has 2 aromatic rings. The number of likely N-dealkylation sites (N-methyl/N-ethyl adjacent to an activating group) is 1. The van der Waals surface area contributed by atoms with Gasteiger partial charge in [0.2, 0.25) is 11.8 Å². The van der Waals surface area contributed by atoms with Crippen molar-refractivity contribution in [2.45, 2.75) is 26.3 Å². The lowest BCUT2D eigenvalue weighted by molar-refractivity contribution is -0.133. The number of rotatable bonds is 8. The third-order valence-corrected chi connectivity index (χ3v) is 4.03. The second-order valence-corrected chi connectivity index (χ2v) is 5.93. The van der Waals surface area contributed by atoms with E-state index in [1.165, 1.54) is 6.92 Å². The van der Waals surface area contributed by atoms with Crippen molar-refractivity contribution >= 4 is 11.8 Å². The third kappa shape index (κ3) is 6.33. The molecule has 0 unspecified atom stereocenters. The van der Waals surface area contributed by atoms with Crippen molar-refractivity contribution in [1.29, 1.82) is 0 Å². The molecule has 6 nitrogen and oxygen atoms in total. The molecule has 2 amide bonds. The second-order valence-electron chi connectivity index (χ2n) is 5.93. The topological polar surface area (TPSA) is 66.4 Å². The molecule has 0 aliphatic rings. The van der Waals surface area contributed by atoms with Gasteiger partial charge in [-0.05, 0) is 36.2 Å². The van der Waals surface area contributed by atoms with Gasteiger partial charge in [0.15, 0.2) is 0 Å². The van der Waals surface area contributed by atoms with Crippen LogP contribution < -0.4 is 0 Å². The van der Waals surface area contributed by atoms with Gasteiger partial charge in [-0.15, -0.1) is 0 Å². The van der Waals surface area contributed by atoms with Crippen molar-refractivity contribution < 1.29 is 9.59 Å². The molecule has 6 heteroatoms. The molecule has 0 N–H and O–H groups in total. The monoisotopic (exact) mass is 340 g/mol. The van der Waals surface area contributed by atoms with Crippen LogP contribution >= 0.6 is 0 Å². The summed E-state index contributed by atoms with van der Waals surface area (Å²) in [4.78, 5) is 35.7.